The Balaban J connectivity index is 1.68. The van der Waals surface area contributed by atoms with Gasteiger partial charge >= 0.3 is 0 Å². The highest BCUT2D eigenvalue weighted by molar-refractivity contribution is 5.79. The maximum absolute atomic E-state index is 11.8. The molecule has 3 rings (SSSR count). The first-order chi connectivity index (χ1) is 11.2. The van der Waals surface area contributed by atoms with Gasteiger partial charge in [0.15, 0.2) is 0 Å². The van der Waals surface area contributed by atoms with Crippen LogP contribution in [-0.2, 0) is 4.79 Å². The number of methoxy groups -OCH3 is 1. The lowest BCUT2D eigenvalue weighted by atomic mass is 9.60. The normalized spacial score (nSPS) is 31.4. The van der Waals surface area contributed by atoms with Gasteiger partial charge in [-0.1, -0.05) is 12.1 Å². The molecule has 1 atom stereocenters. The van der Waals surface area contributed by atoms with Gasteiger partial charge in [-0.15, -0.1) is 0 Å². The summed E-state index contributed by atoms with van der Waals surface area (Å²) in [4.78, 5) is 11.8. The van der Waals surface area contributed by atoms with Crippen molar-refractivity contribution < 1.29 is 9.53 Å². The number of hydrogen-bond donors (Lipinski definition) is 0. The van der Waals surface area contributed by atoms with Crippen LogP contribution in [0.1, 0.15) is 62.8 Å². The Hall–Kier alpha value is -1.82. The van der Waals surface area contributed by atoms with Crippen LogP contribution in [0.25, 0.3) is 0 Å². The van der Waals surface area contributed by atoms with Gasteiger partial charge in [0, 0.05) is 12.8 Å². The van der Waals surface area contributed by atoms with Crippen molar-refractivity contribution in [1.82, 2.24) is 0 Å². The predicted octanol–water partition coefficient (Wildman–Crippen LogP) is 4.62. The largest absolute Gasteiger partial charge is 0.497 e. The molecule has 1 aromatic carbocycles. The molecule has 0 radical (unpaired) electrons. The highest BCUT2D eigenvalue weighted by Gasteiger charge is 2.43. The Bertz CT molecular complexity index is 591. The topological polar surface area (TPSA) is 50.1 Å². The van der Waals surface area contributed by atoms with E-state index < -0.39 is 0 Å². The third-order valence-electron chi connectivity index (χ3n) is 5.95. The Labute approximate surface area is 138 Å². The summed E-state index contributed by atoms with van der Waals surface area (Å²) in [6.45, 7) is 0. The summed E-state index contributed by atoms with van der Waals surface area (Å²) in [7, 11) is 1.68. The number of ether oxygens (including phenoxy) is 1. The van der Waals surface area contributed by atoms with Crippen LogP contribution in [0.2, 0.25) is 0 Å². The highest BCUT2D eigenvalue weighted by Crippen LogP contribution is 2.50. The smallest absolute Gasteiger partial charge is 0.133 e. The minimum absolute atomic E-state index is 0.265. The molecule has 23 heavy (non-hydrogen) atoms. The SMILES string of the molecule is COc1ccc(C2CCC(C#N)(C3CCCC(=O)C3)CC2)cc1. The van der Waals surface area contributed by atoms with Crippen molar-refractivity contribution >= 4 is 5.78 Å². The molecule has 2 fully saturated rings. The fourth-order valence-electron chi connectivity index (χ4n) is 4.45. The number of rotatable bonds is 3. The van der Waals surface area contributed by atoms with Crippen LogP contribution >= 0.6 is 0 Å². The van der Waals surface area contributed by atoms with E-state index >= 15 is 0 Å². The molecular weight excluding hydrogens is 286 g/mol. The van der Waals surface area contributed by atoms with Gasteiger partial charge in [0.05, 0.1) is 18.6 Å². The number of nitrogens with zero attached hydrogens (tertiary/aromatic N) is 1. The van der Waals surface area contributed by atoms with Crippen molar-refractivity contribution in [3.05, 3.63) is 29.8 Å². The van der Waals surface area contributed by atoms with Crippen molar-refractivity contribution in [3.8, 4) is 11.8 Å². The van der Waals surface area contributed by atoms with Gasteiger partial charge < -0.3 is 4.74 Å². The van der Waals surface area contributed by atoms with E-state index in [9.17, 15) is 10.1 Å². The summed E-state index contributed by atoms with van der Waals surface area (Å²) in [6, 6.07) is 10.9. The maximum Gasteiger partial charge on any atom is 0.133 e. The quantitative estimate of drug-likeness (QED) is 0.818. The molecular formula is C20H25NO2. The summed E-state index contributed by atoms with van der Waals surface area (Å²) < 4.78 is 5.22. The molecule has 2 aliphatic carbocycles. The lowest BCUT2D eigenvalue weighted by Crippen LogP contribution is -2.36. The monoisotopic (exact) mass is 311 g/mol. The Kier molecular flexibility index (Phi) is 4.71. The Morgan fingerprint density at radius 2 is 1.87 bits per heavy atom. The van der Waals surface area contributed by atoms with Crippen molar-refractivity contribution in [1.29, 1.82) is 5.26 Å². The number of nitriles is 1. The first-order valence-corrected chi connectivity index (χ1v) is 8.74. The molecule has 0 saturated heterocycles. The molecule has 0 amide bonds. The summed E-state index contributed by atoms with van der Waals surface area (Å²) in [5.74, 6) is 2.05. The Morgan fingerprint density at radius 1 is 1.17 bits per heavy atom. The molecule has 0 aliphatic heterocycles. The fraction of sp³-hybridized carbons (Fsp3) is 0.600. The van der Waals surface area contributed by atoms with Crippen LogP contribution in [0.3, 0.4) is 0 Å². The second kappa shape index (κ2) is 6.74. The average molecular weight is 311 g/mol. The van der Waals surface area contributed by atoms with Gasteiger partial charge in [-0.25, -0.2) is 0 Å². The average Bonchev–Trinajstić information content (AvgIpc) is 2.62. The second-order valence-corrected chi connectivity index (χ2v) is 7.15. The molecule has 122 valence electrons. The molecule has 3 heteroatoms. The van der Waals surface area contributed by atoms with Gasteiger partial charge in [0.2, 0.25) is 0 Å². The predicted molar refractivity (Wildman–Crippen MR) is 89.2 cm³/mol. The second-order valence-electron chi connectivity index (χ2n) is 7.15. The molecule has 3 nitrogen and oxygen atoms in total. The first kappa shape index (κ1) is 16.1. The lowest BCUT2D eigenvalue weighted by Gasteiger charge is -2.42. The number of benzene rings is 1. The zero-order chi connectivity index (χ0) is 16.3. The van der Waals surface area contributed by atoms with Crippen molar-refractivity contribution in [3.63, 3.8) is 0 Å². The van der Waals surface area contributed by atoms with Crippen molar-refractivity contribution in [2.45, 2.75) is 57.3 Å². The standard InChI is InChI=1S/C20H25NO2/c1-23-19-7-5-15(6-8-19)16-9-11-20(14-21,12-10-16)17-3-2-4-18(22)13-17/h5-8,16-17H,2-4,9-13H2,1H3. The Morgan fingerprint density at radius 3 is 2.43 bits per heavy atom. The van der Waals surface area contributed by atoms with E-state index in [4.69, 9.17) is 4.74 Å². The molecule has 1 unspecified atom stereocenters. The van der Waals surface area contributed by atoms with Crippen LogP contribution in [-0.4, -0.2) is 12.9 Å². The van der Waals surface area contributed by atoms with E-state index in [0.717, 1.165) is 44.3 Å². The van der Waals surface area contributed by atoms with Gasteiger partial charge in [-0.3, -0.25) is 4.79 Å². The summed E-state index contributed by atoms with van der Waals surface area (Å²) in [5.41, 5.74) is 1.08. The minimum atomic E-state index is -0.265. The van der Waals surface area contributed by atoms with Crippen LogP contribution in [0, 0.1) is 22.7 Å². The van der Waals surface area contributed by atoms with Crippen molar-refractivity contribution in [2.24, 2.45) is 11.3 Å². The van der Waals surface area contributed by atoms with Crippen LogP contribution in [0.4, 0.5) is 0 Å². The highest BCUT2D eigenvalue weighted by atomic mass is 16.5. The number of carbonyl (C=O) groups excluding carboxylic acids is 1. The van der Waals surface area contributed by atoms with Crippen molar-refractivity contribution in [2.75, 3.05) is 7.11 Å². The third kappa shape index (κ3) is 3.27. The van der Waals surface area contributed by atoms with E-state index in [1.54, 1.807) is 7.11 Å². The van der Waals surface area contributed by atoms with E-state index in [1.165, 1.54) is 5.56 Å². The molecule has 0 heterocycles. The summed E-state index contributed by atoms with van der Waals surface area (Å²) in [6.07, 6.45) is 7.31. The van der Waals surface area contributed by atoms with Crippen LogP contribution in [0.5, 0.6) is 5.75 Å². The fourth-order valence-corrected chi connectivity index (χ4v) is 4.45. The van der Waals surface area contributed by atoms with E-state index in [-0.39, 0.29) is 11.3 Å². The van der Waals surface area contributed by atoms with Gasteiger partial charge in [-0.05, 0) is 68.1 Å². The molecule has 0 bridgehead atoms. The van der Waals surface area contributed by atoms with Crippen LogP contribution in [0.15, 0.2) is 24.3 Å². The number of Topliss-reactive ketones (excluding diaryl/α,β-unsaturated/α-hetero) is 1. The maximum atomic E-state index is 11.8. The van der Waals surface area contributed by atoms with Gasteiger partial charge in [0.25, 0.3) is 0 Å². The number of hydrogen-bond acceptors (Lipinski definition) is 3. The molecule has 0 spiro atoms. The van der Waals surface area contributed by atoms with Gasteiger partial charge in [-0.2, -0.15) is 5.26 Å². The summed E-state index contributed by atoms with van der Waals surface area (Å²) >= 11 is 0. The molecule has 1 aromatic rings. The molecule has 2 aliphatic rings. The van der Waals surface area contributed by atoms with E-state index in [1.807, 2.05) is 12.1 Å². The lowest BCUT2D eigenvalue weighted by molar-refractivity contribution is -0.123. The number of ketones is 1. The van der Waals surface area contributed by atoms with E-state index in [0.29, 0.717) is 24.5 Å². The third-order valence-corrected chi connectivity index (χ3v) is 5.95. The minimum Gasteiger partial charge on any atom is -0.497 e. The molecule has 0 aromatic heterocycles. The van der Waals surface area contributed by atoms with Gasteiger partial charge in [0.1, 0.15) is 11.5 Å². The van der Waals surface area contributed by atoms with Crippen LogP contribution < -0.4 is 4.74 Å². The first-order valence-electron chi connectivity index (χ1n) is 8.74. The molecule has 0 N–H and O–H groups in total. The zero-order valence-corrected chi connectivity index (χ0v) is 13.9. The van der Waals surface area contributed by atoms with E-state index in [2.05, 4.69) is 18.2 Å². The molecule has 2 saturated carbocycles. The zero-order valence-electron chi connectivity index (χ0n) is 13.9. The summed E-state index contributed by atoms with van der Waals surface area (Å²) in [5, 5.41) is 9.83. The number of carbonyl (C=O) groups is 1.